The Bertz CT molecular complexity index is 535. The van der Waals surface area contributed by atoms with Crippen molar-refractivity contribution in [1.82, 2.24) is 0 Å². The van der Waals surface area contributed by atoms with Crippen molar-refractivity contribution in [2.75, 3.05) is 0 Å². The maximum atomic E-state index is 4.19. The number of hydrogen-bond acceptors (Lipinski definition) is 0. The van der Waals surface area contributed by atoms with Crippen LogP contribution in [0.2, 0.25) is 0 Å². The normalized spacial score (nSPS) is 12.8. The lowest BCUT2D eigenvalue weighted by Crippen LogP contribution is -2.08. The second-order valence-corrected chi connectivity index (χ2v) is 4.33. The van der Waals surface area contributed by atoms with E-state index in [4.69, 9.17) is 0 Å². The molecule has 0 heteroatoms. The first kappa shape index (κ1) is 9.41. The zero-order valence-electron chi connectivity index (χ0n) is 9.24. The van der Waals surface area contributed by atoms with E-state index in [1.165, 1.54) is 35.1 Å². The fourth-order valence-corrected chi connectivity index (χ4v) is 2.19. The standard InChI is InChI=1S/C16H14/c1-12(13-5-3-2-4-6-13)15-9-7-14-8-10-16(14)11-15/h2-7,9,11H,1,8,10H2. The van der Waals surface area contributed by atoms with Crippen molar-refractivity contribution < 1.29 is 0 Å². The minimum Gasteiger partial charge on any atom is -0.0906 e. The maximum absolute atomic E-state index is 4.19. The van der Waals surface area contributed by atoms with Gasteiger partial charge in [0.05, 0.1) is 0 Å². The molecule has 0 nitrogen and oxygen atoms in total. The second-order valence-electron chi connectivity index (χ2n) is 4.33. The summed E-state index contributed by atoms with van der Waals surface area (Å²) in [4.78, 5) is 0. The Balaban J connectivity index is 1.98. The Morgan fingerprint density at radius 2 is 1.56 bits per heavy atom. The molecular formula is C16H14. The van der Waals surface area contributed by atoms with Crippen molar-refractivity contribution >= 4 is 5.57 Å². The molecule has 3 rings (SSSR count). The topological polar surface area (TPSA) is 0 Å². The quantitative estimate of drug-likeness (QED) is 0.700. The van der Waals surface area contributed by atoms with Gasteiger partial charge in [0, 0.05) is 0 Å². The summed E-state index contributed by atoms with van der Waals surface area (Å²) in [6.07, 6.45) is 2.47. The van der Waals surface area contributed by atoms with Crippen LogP contribution in [0.5, 0.6) is 0 Å². The second kappa shape index (κ2) is 3.64. The summed E-state index contributed by atoms with van der Waals surface area (Å²) in [6, 6.07) is 17.1. The number of aryl methyl sites for hydroxylation is 2. The summed E-state index contributed by atoms with van der Waals surface area (Å²) in [6.45, 7) is 4.19. The monoisotopic (exact) mass is 206 g/mol. The highest BCUT2D eigenvalue weighted by Crippen LogP contribution is 2.28. The van der Waals surface area contributed by atoms with E-state index in [0.29, 0.717) is 0 Å². The van der Waals surface area contributed by atoms with Gasteiger partial charge in [0.1, 0.15) is 0 Å². The smallest absolute Gasteiger partial charge is 0.0181 e. The van der Waals surface area contributed by atoms with Gasteiger partial charge in [0.25, 0.3) is 0 Å². The fourth-order valence-electron chi connectivity index (χ4n) is 2.19. The molecule has 78 valence electrons. The van der Waals surface area contributed by atoms with Crippen molar-refractivity contribution in [1.29, 1.82) is 0 Å². The van der Waals surface area contributed by atoms with Crippen LogP contribution in [-0.2, 0) is 12.8 Å². The Morgan fingerprint density at radius 1 is 0.812 bits per heavy atom. The number of fused-ring (bicyclic) bond motifs is 1. The molecule has 0 fully saturated rings. The molecule has 0 aromatic heterocycles. The summed E-state index contributed by atoms with van der Waals surface area (Å²) in [7, 11) is 0. The molecule has 0 amide bonds. The molecule has 0 radical (unpaired) electrons. The molecule has 2 aromatic rings. The van der Waals surface area contributed by atoms with Crippen LogP contribution in [0.25, 0.3) is 5.57 Å². The predicted molar refractivity (Wildman–Crippen MR) is 68.4 cm³/mol. The molecule has 16 heavy (non-hydrogen) atoms. The summed E-state index contributed by atoms with van der Waals surface area (Å²) in [5, 5.41) is 0. The van der Waals surface area contributed by atoms with Gasteiger partial charge in [0.15, 0.2) is 0 Å². The molecule has 0 saturated carbocycles. The highest BCUT2D eigenvalue weighted by Gasteiger charge is 2.13. The zero-order valence-corrected chi connectivity index (χ0v) is 9.24. The number of benzene rings is 2. The molecule has 1 aliphatic rings. The van der Waals surface area contributed by atoms with Crippen molar-refractivity contribution in [3.63, 3.8) is 0 Å². The van der Waals surface area contributed by atoms with E-state index in [2.05, 4.69) is 49.0 Å². The van der Waals surface area contributed by atoms with Gasteiger partial charge in [-0.3, -0.25) is 0 Å². The van der Waals surface area contributed by atoms with Gasteiger partial charge in [-0.05, 0) is 40.7 Å². The van der Waals surface area contributed by atoms with Crippen LogP contribution in [0, 0.1) is 0 Å². The van der Waals surface area contributed by atoms with E-state index < -0.39 is 0 Å². The first-order chi connectivity index (χ1) is 7.84. The van der Waals surface area contributed by atoms with Gasteiger partial charge in [-0.2, -0.15) is 0 Å². The lowest BCUT2D eigenvalue weighted by molar-refractivity contribution is 0.838. The Morgan fingerprint density at radius 3 is 2.19 bits per heavy atom. The molecule has 2 aromatic carbocycles. The molecule has 0 bridgehead atoms. The molecule has 0 atom stereocenters. The molecule has 0 unspecified atom stereocenters. The summed E-state index contributed by atoms with van der Waals surface area (Å²) in [5.74, 6) is 0. The van der Waals surface area contributed by atoms with Crippen LogP contribution in [0.1, 0.15) is 22.3 Å². The lowest BCUT2D eigenvalue weighted by Gasteiger charge is -2.20. The SMILES string of the molecule is C=C(c1ccccc1)c1ccc2c(c1)CC2. The third-order valence-electron chi connectivity index (χ3n) is 3.34. The van der Waals surface area contributed by atoms with Gasteiger partial charge < -0.3 is 0 Å². The van der Waals surface area contributed by atoms with Gasteiger partial charge in [0.2, 0.25) is 0 Å². The van der Waals surface area contributed by atoms with Crippen molar-refractivity contribution in [2.45, 2.75) is 12.8 Å². The fraction of sp³-hybridized carbons (Fsp3) is 0.125. The van der Waals surface area contributed by atoms with E-state index in [-0.39, 0.29) is 0 Å². The van der Waals surface area contributed by atoms with Gasteiger partial charge in [-0.25, -0.2) is 0 Å². The number of hydrogen-bond donors (Lipinski definition) is 0. The third kappa shape index (κ3) is 1.47. The van der Waals surface area contributed by atoms with Crippen LogP contribution in [-0.4, -0.2) is 0 Å². The summed E-state index contributed by atoms with van der Waals surface area (Å²) in [5.41, 5.74) is 6.58. The zero-order chi connectivity index (χ0) is 11.0. The Hall–Kier alpha value is -1.82. The number of rotatable bonds is 2. The van der Waals surface area contributed by atoms with E-state index in [1.807, 2.05) is 6.07 Å². The molecule has 1 aliphatic carbocycles. The van der Waals surface area contributed by atoms with Crippen LogP contribution in [0.4, 0.5) is 0 Å². The van der Waals surface area contributed by atoms with Crippen LogP contribution in [0.3, 0.4) is 0 Å². The molecular weight excluding hydrogens is 192 g/mol. The van der Waals surface area contributed by atoms with E-state index >= 15 is 0 Å². The van der Waals surface area contributed by atoms with Crippen LogP contribution >= 0.6 is 0 Å². The summed E-state index contributed by atoms with van der Waals surface area (Å²) < 4.78 is 0. The summed E-state index contributed by atoms with van der Waals surface area (Å²) >= 11 is 0. The van der Waals surface area contributed by atoms with Crippen molar-refractivity contribution in [3.05, 3.63) is 77.4 Å². The molecule has 0 heterocycles. The van der Waals surface area contributed by atoms with Gasteiger partial charge in [-0.15, -0.1) is 0 Å². The van der Waals surface area contributed by atoms with Crippen molar-refractivity contribution in [3.8, 4) is 0 Å². The maximum Gasteiger partial charge on any atom is -0.0181 e. The minimum atomic E-state index is 1.12. The van der Waals surface area contributed by atoms with Crippen LogP contribution in [0.15, 0.2) is 55.1 Å². The van der Waals surface area contributed by atoms with E-state index in [9.17, 15) is 0 Å². The largest absolute Gasteiger partial charge is 0.0906 e. The average molecular weight is 206 g/mol. The minimum absolute atomic E-state index is 1.12. The van der Waals surface area contributed by atoms with Gasteiger partial charge >= 0.3 is 0 Å². The highest BCUT2D eigenvalue weighted by molar-refractivity contribution is 5.78. The highest BCUT2D eigenvalue weighted by atomic mass is 14.2. The lowest BCUT2D eigenvalue weighted by atomic mass is 9.85. The molecule has 0 aliphatic heterocycles. The molecule has 0 spiro atoms. The molecule has 0 N–H and O–H groups in total. The Labute approximate surface area is 96.3 Å². The van der Waals surface area contributed by atoms with E-state index in [0.717, 1.165) is 5.57 Å². The van der Waals surface area contributed by atoms with Gasteiger partial charge in [-0.1, -0.05) is 55.1 Å². The predicted octanol–water partition coefficient (Wildman–Crippen LogP) is 3.85. The Kier molecular flexibility index (Phi) is 2.14. The molecule has 0 saturated heterocycles. The third-order valence-corrected chi connectivity index (χ3v) is 3.34. The van der Waals surface area contributed by atoms with Crippen LogP contribution < -0.4 is 0 Å². The van der Waals surface area contributed by atoms with Crippen molar-refractivity contribution in [2.24, 2.45) is 0 Å². The first-order valence-corrected chi connectivity index (χ1v) is 5.71. The van der Waals surface area contributed by atoms with E-state index in [1.54, 1.807) is 0 Å². The first-order valence-electron chi connectivity index (χ1n) is 5.71. The average Bonchev–Trinajstić information content (AvgIpc) is 2.31.